The van der Waals surface area contributed by atoms with Gasteiger partial charge in [-0.1, -0.05) is 49.8 Å². The Morgan fingerprint density at radius 3 is 2.40 bits per heavy atom. The SMILES string of the molecule is CCCC(C(=O)NCCC(=O)OC)n1ccc(C)cc1=S.Cc1cccc(C)c1-c1cccnc1. The van der Waals surface area contributed by atoms with Crippen LogP contribution in [-0.2, 0) is 14.3 Å². The highest BCUT2D eigenvalue weighted by molar-refractivity contribution is 7.71. The molecule has 2 aromatic heterocycles. The van der Waals surface area contributed by atoms with Gasteiger partial charge in [0, 0.05) is 30.7 Å². The topological polar surface area (TPSA) is 73.2 Å². The van der Waals surface area contributed by atoms with Gasteiger partial charge in [-0.3, -0.25) is 14.6 Å². The van der Waals surface area contributed by atoms with Crippen LogP contribution in [0, 0.1) is 25.4 Å². The zero-order valence-electron chi connectivity index (χ0n) is 21.2. The number of carbonyl (C=O) groups is 2. The highest BCUT2D eigenvalue weighted by Crippen LogP contribution is 2.25. The van der Waals surface area contributed by atoms with E-state index in [-0.39, 0.29) is 30.9 Å². The second-order valence-corrected chi connectivity index (χ2v) is 8.80. The van der Waals surface area contributed by atoms with Crippen molar-refractivity contribution in [3.63, 3.8) is 0 Å². The minimum absolute atomic E-state index is 0.124. The van der Waals surface area contributed by atoms with Crippen molar-refractivity contribution in [2.75, 3.05) is 13.7 Å². The number of nitrogens with zero attached hydrogens (tertiary/aromatic N) is 2. The molecular formula is C28H35N3O3S. The van der Waals surface area contributed by atoms with Crippen molar-refractivity contribution < 1.29 is 14.3 Å². The van der Waals surface area contributed by atoms with Crippen molar-refractivity contribution >= 4 is 24.1 Å². The summed E-state index contributed by atoms with van der Waals surface area (Å²) in [6, 6.07) is 13.9. The van der Waals surface area contributed by atoms with Gasteiger partial charge in [0.05, 0.1) is 13.5 Å². The monoisotopic (exact) mass is 493 g/mol. The van der Waals surface area contributed by atoms with Gasteiger partial charge in [0.2, 0.25) is 5.91 Å². The molecule has 2 heterocycles. The number of rotatable bonds is 8. The third kappa shape index (κ3) is 8.44. The van der Waals surface area contributed by atoms with Gasteiger partial charge in [-0.25, -0.2) is 0 Å². The maximum Gasteiger partial charge on any atom is 0.307 e. The number of ether oxygens (including phenoxy) is 1. The lowest BCUT2D eigenvalue weighted by molar-refractivity contribution is -0.140. The number of nitrogens with one attached hydrogen (secondary N) is 1. The van der Waals surface area contributed by atoms with E-state index < -0.39 is 0 Å². The summed E-state index contributed by atoms with van der Waals surface area (Å²) < 4.78 is 6.99. The Balaban J connectivity index is 0.000000266. The maximum absolute atomic E-state index is 12.3. The van der Waals surface area contributed by atoms with Crippen LogP contribution in [0.2, 0.25) is 0 Å². The first-order valence-electron chi connectivity index (χ1n) is 11.8. The van der Waals surface area contributed by atoms with Crippen molar-refractivity contribution in [2.24, 2.45) is 0 Å². The number of methoxy groups -OCH3 is 1. The van der Waals surface area contributed by atoms with Crippen LogP contribution < -0.4 is 5.32 Å². The predicted molar refractivity (Wildman–Crippen MR) is 143 cm³/mol. The number of esters is 1. The fourth-order valence-corrected chi connectivity index (χ4v) is 4.18. The largest absolute Gasteiger partial charge is 0.469 e. The summed E-state index contributed by atoms with van der Waals surface area (Å²) in [4.78, 5) is 27.5. The molecule has 35 heavy (non-hydrogen) atoms. The van der Waals surface area contributed by atoms with Crippen LogP contribution in [0.5, 0.6) is 0 Å². The Morgan fingerprint density at radius 1 is 1.11 bits per heavy atom. The van der Waals surface area contributed by atoms with E-state index in [1.165, 1.54) is 29.4 Å². The normalized spacial score (nSPS) is 11.1. The molecule has 1 atom stereocenters. The third-order valence-corrected chi connectivity index (χ3v) is 5.92. The van der Waals surface area contributed by atoms with Crippen LogP contribution >= 0.6 is 12.2 Å². The maximum atomic E-state index is 12.3. The number of pyridine rings is 2. The number of carbonyl (C=O) groups excluding carboxylic acids is 2. The molecule has 0 saturated carbocycles. The van der Waals surface area contributed by atoms with Gasteiger partial charge in [0.25, 0.3) is 0 Å². The molecule has 0 fully saturated rings. The zero-order chi connectivity index (χ0) is 25.8. The molecule has 186 valence electrons. The molecular weight excluding hydrogens is 458 g/mol. The summed E-state index contributed by atoms with van der Waals surface area (Å²) >= 11 is 5.33. The quantitative estimate of drug-likeness (QED) is 0.312. The van der Waals surface area contributed by atoms with Gasteiger partial charge in [0.15, 0.2) is 0 Å². The molecule has 0 radical (unpaired) electrons. The Hall–Kier alpha value is -3.32. The second-order valence-electron chi connectivity index (χ2n) is 8.38. The number of hydrogen-bond acceptors (Lipinski definition) is 5. The molecule has 1 amide bonds. The van der Waals surface area contributed by atoms with Crippen LogP contribution in [0.1, 0.15) is 48.9 Å². The number of amides is 1. The molecule has 3 rings (SSSR count). The highest BCUT2D eigenvalue weighted by atomic mass is 32.1. The molecule has 1 aromatic carbocycles. The summed E-state index contributed by atoms with van der Waals surface area (Å²) in [5.74, 6) is -0.463. The molecule has 1 N–H and O–H groups in total. The van der Waals surface area contributed by atoms with Gasteiger partial charge < -0.3 is 14.6 Å². The average molecular weight is 494 g/mol. The minimum atomic E-state index is -0.347. The molecule has 0 spiro atoms. The molecule has 0 aliphatic carbocycles. The molecule has 3 aromatic rings. The first-order chi connectivity index (χ1) is 16.8. The average Bonchev–Trinajstić information content (AvgIpc) is 2.84. The predicted octanol–water partition coefficient (Wildman–Crippen LogP) is 5.91. The van der Waals surface area contributed by atoms with Crippen LogP contribution in [-0.4, -0.2) is 35.1 Å². The van der Waals surface area contributed by atoms with Crippen molar-refractivity contribution in [1.82, 2.24) is 14.9 Å². The van der Waals surface area contributed by atoms with E-state index in [2.05, 4.69) is 53.2 Å². The first kappa shape index (κ1) is 27.9. The van der Waals surface area contributed by atoms with Crippen molar-refractivity contribution in [2.45, 2.75) is 53.0 Å². The van der Waals surface area contributed by atoms with E-state index in [0.717, 1.165) is 12.0 Å². The fourth-order valence-electron chi connectivity index (χ4n) is 3.80. The van der Waals surface area contributed by atoms with E-state index in [0.29, 0.717) is 11.1 Å². The molecule has 1 unspecified atom stereocenters. The van der Waals surface area contributed by atoms with Crippen LogP contribution in [0.25, 0.3) is 11.1 Å². The molecule has 6 nitrogen and oxygen atoms in total. The van der Waals surface area contributed by atoms with Gasteiger partial charge >= 0.3 is 5.97 Å². The lowest BCUT2D eigenvalue weighted by Gasteiger charge is -2.20. The van der Waals surface area contributed by atoms with Gasteiger partial charge in [-0.2, -0.15) is 0 Å². The van der Waals surface area contributed by atoms with E-state index in [1.807, 2.05) is 44.4 Å². The number of aryl methyl sites for hydroxylation is 3. The number of hydrogen-bond donors (Lipinski definition) is 1. The van der Waals surface area contributed by atoms with Crippen LogP contribution in [0.15, 0.2) is 61.1 Å². The second kappa shape index (κ2) is 14.2. The van der Waals surface area contributed by atoms with Crippen molar-refractivity contribution in [3.05, 3.63) is 82.4 Å². The standard InChI is InChI=1S/C15H22N2O3S.C13H13N/c1-4-5-12(15(19)16-8-6-14(18)20-3)17-9-7-11(2)10-13(17)21;1-10-5-3-6-11(2)13(10)12-7-4-8-14-9-12/h7,9-10,12H,4-6,8H2,1-3H3,(H,16,19);3-9H,1-2H3. The van der Waals surface area contributed by atoms with E-state index in [9.17, 15) is 9.59 Å². The third-order valence-electron chi connectivity index (χ3n) is 5.59. The molecule has 0 saturated heterocycles. The Kier molecular flexibility index (Phi) is 11.3. The molecule has 0 bridgehead atoms. The van der Waals surface area contributed by atoms with Crippen LogP contribution in [0.4, 0.5) is 0 Å². The van der Waals surface area contributed by atoms with E-state index in [1.54, 1.807) is 10.8 Å². The fraction of sp³-hybridized carbons (Fsp3) is 0.357. The van der Waals surface area contributed by atoms with Gasteiger partial charge in [-0.15, -0.1) is 0 Å². The van der Waals surface area contributed by atoms with E-state index in [4.69, 9.17) is 12.2 Å². The Bertz CT molecular complexity index is 1160. The highest BCUT2D eigenvalue weighted by Gasteiger charge is 2.19. The lowest BCUT2D eigenvalue weighted by atomic mass is 9.97. The smallest absolute Gasteiger partial charge is 0.307 e. The van der Waals surface area contributed by atoms with Gasteiger partial charge in [0.1, 0.15) is 10.7 Å². The summed E-state index contributed by atoms with van der Waals surface area (Å²) in [5.41, 5.74) is 6.18. The van der Waals surface area contributed by atoms with Crippen molar-refractivity contribution in [1.29, 1.82) is 0 Å². The number of aromatic nitrogens is 2. The minimum Gasteiger partial charge on any atom is -0.469 e. The Labute approximate surface area is 213 Å². The lowest BCUT2D eigenvalue weighted by Crippen LogP contribution is -2.34. The van der Waals surface area contributed by atoms with Gasteiger partial charge in [-0.05, 0) is 67.6 Å². The molecule has 7 heteroatoms. The van der Waals surface area contributed by atoms with E-state index >= 15 is 0 Å². The summed E-state index contributed by atoms with van der Waals surface area (Å²) in [5, 5.41) is 2.77. The summed E-state index contributed by atoms with van der Waals surface area (Å²) in [7, 11) is 1.33. The number of benzene rings is 1. The summed E-state index contributed by atoms with van der Waals surface area (Å²) in [6.45, 7) is 8.52. The summed E-state index contributed by atoms with van der Waals surface area (Å²) in [6.07, 6.45) is 7.29. The van der Waals surface area contributed by atoms with Crippen LogP contribution in [0.3, 0.4) is 0 Å². The Morgan fingerprint density at radius 2 is 1.83 bits per heavy atom. The van der Waals surface area contributed by atoms with Crippen molar-refractivity contribution in [3.8, 4) is 11.1 Å². The molecule has 0 aliphatic heterocycles. The zero-order valence-corrected chi connectivity index (χ0v) is 22.0. The molecule has 0 aliphatic rings. The first-order valence-corrected chi connectivity index (χ1v) is 12.2.